The van der Waals surface area contributed by atoms with Gasteiger partial charge in [0.05, 0.1) is 0 Å². The van der Waals surface area contributed by atoms with Crippen LogP contribution in [-0.4, -0.2) is 17.1 Å². The highest BCUT2D eigenvalue weighted by atomic mass is 32.1. The summed E-state index contributed by atoms with van der Waals surface area (Å²) in [5.74, 6) is -0.815. The SMILES string of the molecule is Cc1cc(C(NC(C)C)C(=O)O)c(C)s1. The third-order valence-electron chi connectivity index (χ3n) is 2.14. The van der Waals surface area contributed by atoms with Crippen LogP contribution in [0.1, 0.15) is 35.2 Å². The molecule has 0 aliphatic heterocycles. The molecule has 3 nitrogen and oxygen atoms in total. The fourth-order valence-electron chi connectivity index (χ4n) is 1.56. The van der Waals surface area contributed by atoms with Crippen LogP contribution in [0, 0.1) is 13.8 Å². The molecule has 15 heavy (non-hydrogen) atoms. The van der Waals surface area contributed by atoms with Crippen LogP contribution in [0.2, 0.25) is 0 Å². The molecule has 4 heteroatoms. The van der Waals surface area contributed by atoms with Crippen molar-refractivity contribution in [2.24, 2.45) is 0 Å². The van der Waals surface area contributed by atoms with Crippen molar-refractivity contribution in [3.05, 3.63) is 21.4 Å². The zero-order valence-corrected chi connectivity index (χ0v) is 10.3. The summed E-state index contributed by atoms with van der Waals surface area (Å²) in [5, 5.41) is 12.2. The quantitative estimate of drug-likeness (QED) is 0.831. The number of carboxylic acids is 1. The zero-order valence-electron chi connectivity index (χ0n) is 9.50. The second-order valence-corrected chi connectivity index (χ2v) is 5.42. The molecule has 1 aromatic rings. The fraction of sp³-hybridized carbons (Fsp3) is 0.545. The molecule has 0 fully saturated rings. The van der Waals surface area contributed by atoms with Gasteiger partial charge in [-0.1, -0.05) is 0 Å². The highest BCUT2D eigenvalue weighted by molar-refractivity contribution is 7.12. The molecule has 0 saturated carbocycles. The fourth-order valence-corrected chi connectivity index (χ4v) is 2.53. The van der Waals surface area contributed by atoms with E-state index in [1.165, 1.54) is 0 Å². The molecule has 1 heterocycles. The van der Waals surface area contributed by atoms with Crippen LogP contribution < -0.4 is 5.32 Å². The number of hydrogen-bond donors (Lipinski definition) is 2. The van der Waals surface area contributed by atoms with E-state index in [9.17, 15) is 4.79 Å². The maximum atomic E-state index is 11.1. The summed E-state index contributed by atoms with van der Waals surface area (Å²) in [6, 6.07) is 1.52. The molecule has 1 aromatic heterocycles. The second kappa shape index (κ2) is 4.77. The molecule has 1 unspecified atom stereocenters. The molecule has 0 amide bonds. The van der Waals surface area contributed by atoms with Crippen molar-refractivity contribution in [2.75, 3.05) is 0 Å². The van der Waals surface area contributed by atoms with Gasteiger partial charge in [0.25, 0.3) is 0 Å². The Bertz CT molecular complexity index is 357. The Morgan fingerprint density at radius 1 is 1.47 bits per heavy atom. The Morgan fingerprint density at radius 3 is 2.40 bits per heavy atom. The van der Waals surface area contributed by atoms with Crippen molar-refractivity contribution >= 4 is 17.3 Å². The first-order valence-corrected chi connectivity index (χ1v) is 5.79. The number of carbonyl (C=O) groups is 1. The van der Waals surface area contributed by atoms with E-state index < -0.39 is 12.0 Å². The van der Waals surface area contributed by atoms with Gasteiger partial charge in [-0.25, -0.2) is 0 Å². The lowest BCUT2D eigenvalue weighted by molar-refractivity contribution is -0.139. The summed E-state index contributed by atoms with van der Waals surface area (Å²) in [5.41, 5.74) is 0.888. The first-order valence-electron chi connectivity index (χ1n) is 4.97. The topological polar surface area (TPSA) is 49.3 Å². The number of carboxylic acid groups (broad SMARTS) is 1. The first kappa shape index (κ1) is 12.2. The Kier molecular flexibility index (Phi) is 3.88. The number of thiophene rings is 1. The number of rotatable bonds is 4. The van der Waals surface area contributed by atoms with Gasteiger partial charge in [-0.05, 0) is 39.3 Å². The predicted molar refractivity (Wildman–Crippen MR) is 62.4 cm³/mol. The van der Waals surface area contributed by atoms with Crippen LogP contribution in [0.4, 0.5) is 0 Å². The molecular formula is C11H17NO2S. The minimum absolute atomic E-state index is 0.158. The lowest BCUT2D eigenvalue weighted by atomic mass is 10.1. The van der Waals surface area contributed by atoms with Crippen LogP contribution in [0.3, 0.4) is 0 Å². The van der Waals surface area contributed by atoms with Gasteiger partial charge in [0.1, 0.15) is 6.04 Å². The molecule has 2 N–H and O–H groups in total. The molecule has 0 radical (unpaired) electrons. The lowest BCUT2D eigenvalue weighted by Crippen LogP contribution is -2.33. The average molecular weight is 227 g/mol. The maximum Gasteiger partial charge on any atom is 0.325 e. The maximum absolute atomic E-state index is 11.1. The van der Waals surface area contributed by atoms with Gasteiger partial charge in [0, 0.05) is 15.8 Å². The van der Waals surface area contributed by atoms with Crippen LogP contribution in [0.15, 0.2) is 6.07 Å². The predicted octanol–water partition coefficient (Wildman–Crippen LogP) is 2.49. The minimum atomic E-state index is -0.815. The summed E-state index contributed by atoms with van der Waals surface area (Å²) < 4.78 is 0. The smallest absolute Gasteiger partial charge is 0.325 e. The van der Waals surface area contributed by atoms with Crippen molar-refractivity contribution < 1.29 is 9.90 Å². The van der Waals surface area contributed by atoms with E-state index in [1.807, 2.05) is 33.8 Å². The van der Waals surface area contributed by atoms with Gasteiger partial charge in [0.15, 0.2) is 0 Å². The van der Waals surface area contributed by atoms with E-state index >= 15 is 0 Å². The molecule has 1 rings (SSSR count). The van der Waals surface area contributed by atoms with Gasteiger partial charge >= 0.3 is 5.97 Å². The van der Waals surface area contributed by atoms with Gasteiger partial charge in [-0.2, -0.15) is 0 Å². The van der Waals surface area contributed by atoms with Crippen LogP contribution in [0.5, 0.6) is 0 Å². The van der Waals surface area contributed by atoms with E-state index in [2.05, 4.69) is 5.32 Å². The number of hydrogen-bond acceptors (Lipinski definition) is 3. The van der Waals surface area contributed by atoms with Gasteiger partial charge in [0.2, 0.25) is 0 Å². The molecule has 0 spiro atoms. The minimum Gasteiger partial charge on any atom is -0.480 e. The van der Waals surface area contributed by atoms with Crippen molar-refractivity contribution in [3.8, 4) is 0 Å². The molecule has 0 bridgehead atoms. The largest absolute Gasteiger partial charge is 0.480 e. The van der Waals surface area contributed by atoms with Crippen LogP contribution in [-0.2, 0) is 4.79 Å². The van der Waals surface area contributed by atoms with E-state index in [-0.39, 0.29) is 6.04 Å². The highest BCUT2D eigenvalue weighted by Crippen LogP contribution is 2.26. The van der Waals surface area contributed by atoms with E-state index in [0.29, 0.717) is 0 Å². The molecular weight excluding hydrogens is 210 g/mol. The Balaban J connectivity index is 2.98. The van der Waals surface area contributed by atoms with E-state index in [4.69, 9.17) is 5.11 Å². The molecule has 0 aliphatic carbocycles. The number of aryl methyl sites for hydroxylation is 2. The molecule has 0 saturated heterocycles. The number of aliphatic carboxylic acids is 1. The summed E-state index contributed by atoms with van der Waals surface area (Å²) in [4.78, 5) is 13.4. The van der Waals surface area contributed by atoms with E-state index in [1.54, 1.807) is 11.3 Å². The summed E-state index contributed by atoms with van der Waals surface area (Å²) in [6.07, 6.45) is 0. The molecule has 1 atom stereocenters. The Labute approximate surface area is 94.1 Å². The van der Waals surface area contributed by atoms with Gasteiger partial charge in [-0.3, -0.25) is 10.1 Å². The Morgan fingerprint density at radius 2 is 2.07 bits per heavy atom. The first-order chi connectivity index (χ1) is 6.91. The summed E-state index contributed by atoms with van der Waals surface area (Å²) in [7, 11) is 0. The van der Waals surface area contributed by atoms with Crippen molar-refractivity contribution in [2.45, 2.75) is 39.8 Å². The second-order valence-electron chi connectivity index (χ2n) is 3.96. The lowest BCUT2D eigenvalue weighted by Gasteiger charge is -2.17. The standard InChI is InChI=1S/C11H17NO2S/c1-6(2)12-10(11(13)14)9-5-7(3)15-8(9)4/h5-6,10,12H,1-4H3,(H,13,14). The molecule has 84 valence electrons. The van der Waals surface area contributed by atoms with Crippen LogP contribution in [0.25, 0.3) is 0 Å². The third kappa shape index (κ3) is 3.04. The molecule has 0 aromatic carbocycles. The van der Waals surface area contributed by atoms with E-state index in [0.717, 1.165) is 15.3 Å². The van der Waals surface area contributed by atoms with Crippen molar-refractivity contribution in [3.63, 3.8) is 0 Å². The third-order valence-corrected chi connectivity index (χ3v) is 3.12. The number of nitrogens with one attached hydrogen (secondary N) is 1. The van der Waals surface area contributed by atoms with Crippen molar-refractivity contribution in [1.82, 2.24) is 5.32 Å². The summed E-state index contributed by atoms with van der Waals surface area (Å²) in [6.45, 7) is 7.86. The zero-order chi connectivity index (χ0) is 11.6. The van der Waals surface area contributed by atoms with Gasteiger partial charge in [-0.15, -0.1) is 11.3 Å². The normalized spacial score (nSPS) is 13.1. The Hall–Kier alpha value is -0.870. The van der Waals surface area contributed by atoms with Crippen molar-refractivity contribution in [1.29, 1.82) is 0 Å². The summed E-state index contributed by atoms with van der Waals surface area (Å²) >= 11 is 1.64. The highest BCUT2D eigenvalue weighted by Gasteiger charge is 2.23. The van der Waals surface area contributed by atoms with Gasteiger partial charge < -0.3 is 5.11 Å². The average Bonchev–Trinajstić information content (AvgIpc) is 2.40. The molecule has 0 aliphatic rings. The van der Waals surface area contributed by atoms with Crippen LogP contribution >= 0.6 is 11.3 Å². The monoisotopic (exact) mass is 227 g/mol.